The van der Waals surface area contributed by atoms with Crippen molar-refractivity contribution in [2.24, 2.45) is 12.8 Å². The second-order valence-electron chi connectivity index (χ2n) is 3.54. The van der Waals surface area contributed by atoms with Gasteiger partial charge in [-0.25, -0.2) is 15.0 Å². The van der Waals surface area contributed by atoms with Crippen molar-refractivity contribution >= 4 is 5.91 Å². The molecule has 0 atom stereocenters. The Kier molecular flexibility index (Phi) is 3.13. The van der Waals surface area contributed by atoms with E-state index >= 15 is 0 Å². The van der Waals surface area contributed by atoms with Gasteiger partial charge in [0, 0.05) is 19.3 Å². The fraction of sp³-hybridized carbons (Fsp3) is 0.0909. The number of nitrogens with zero attached hydrogens (tertiary/aromatic N) is 4. The van der Waals surface area contributed by atoms with Gasteiger partial charge in [-0.15, -0.1) is 0 Å². The zero-order valence-electron chi connectivity index (χ0n) is 9.57. The molecule has 18 heavy (non-hydrogen) atoms. The fourth-order valence-corrected chi connectivity index (χ4v) is 1.39. The molecular weight excluding hydrogens is 234 g/mol. The second kappa shape index (κ2) is 4.74. The van der Waals surface area contributed by atoms with E-state index in [1.807, 2.05) is 0 Å². The maximum Gasteiger partial charge on any atom is 0.253 e. The monoisotopic (exact) mass is 244 g/mol. The third-order valence-corrected chi connectivity index (χ3v) is 2.29. The third-order valence-electron chi connectivity index (χ3n) is 2.29. The van der Waals surface area contributed by atoms with Gasteiger partial charge < -0.3 is 5.73 Å². The number of nitrogens with two attached hydrogens (primary N) is 1. The van der Waals surface area contributed by atoms with Crippen LogP contribution in [0.2, 0.25) is 0 Å². The van der Waals surface area contributed by atoms with Crippen LogP contribution in [0, 0.1) is 6.42 Å². The summed E-state index contributed by atoms with van der Waals surface area (Å²) in [4.78, 5) is 34.5. The van der Waals surface area contributed by atoms with E-state index in [-0.39, 0.29) is 11.4 Å². The average molecular weight is 244 g/mol. The SMILES string of the molecule is Cn1c([CH]C(N)=O)nc(-c2ccncn2)cc1=O. The Balaban J connectivity index is 2.54. The van der Waals surface area contributed by atoms with E-state index in [4.69, 9.17) is 5.73 Å². The van der Waals surface area contributed by atoms with E-state index in [1.54, 1.807) is 12.3 Å². The Hall–Kier alpha value is -2.57. The first-order valence-electron chi connectivity index (χ1n) is 5.06. The van der Waals surface area contributed by atoms with Crippen LogP contribution in [0.25, 0.3) is 11.4 Å². The third kappa shape index (κ3) is 2.40. The Morgan fingerprint density at radius 1 is 1.44 bits per heavy atom. The van der Waals surface area contributed by atoms with E-state index < -0.39 is 5.91 Å². The summed E-state index contributed by atoms with van der Waals surface area (Å²) < 4.78 is 1.23. The lowest BCUT2D eigenvalue weighted by Gasteiger charge is -2.07. The molecule has 2 heterocycles. The summed E-state index contributed by atoms with van der Waals surface area (Å²) >= 11 is 0. The Morgan fingerprint density at radius 2 is 2.22 bits per heavy atom. The zero-order valence-corrected chi connectivity index (χ0v) is 9.57. The first-order chi connectivity index (χ1) is 8.58. The zero-order chi connectivity index (χ0) is 13.1. The number of hydrogen-bond acceptors (Lipinski definition) is 5. The van der Waals surface area contributed by atoms with Gasteiger partial charge in [0.2, 0.25) is 5.91 Å². The number of primary amides is 1. The van der Waals surface area contributed by atoms with Crippen LogP contribution in [-0.2, 0) is 11.8 Å². The van der Waals surface area contributed by atoms with Gasteiger partial charge in [0.1, 0.15) is 18.6 Å². The second-order valence-corrected chi connectivity index (χ2v) is 3.54. The van der Waals surface area contributed by atoms with Crippen molar-refractivity contribution in [1.29, 1.82) is 0 Å². The van der Waals surface area contributed by atoms with E-state index in [2.05, 4.69) is 15.0 Å². The number of aromatic nitrogens is 4. The molecule has 0 fully saturated rings. The van der Waals surface area contributed by atoms with Crippen molar-refractivity contribution in [3.63, 3.8) is 0 Å². The van der Waals surface area contributed by atoms with E-state index in [9.17, 15) is 9.59 Å². The van der Waals surface area contributed by atoms with Gasteiger partial charge in [0.25, 0.3) is 5.56 Å². The Morgan fingerprint density at radius 3 is 2.83 bits per heavy atom. The van der Waals surface area contributed by atoms with Crippen molar-refractivity contribution in [2.75, 3.05) is 0 Å². The molecule has 0 saturated heterocycles. The number of carbonyl (C=O) groups excluding carboxylic acids is 1. The summed E-state index contributed by atoms with van der Waals surface area (Å²) in [6.07, 6.45) is 3.98. The molecule has 0 aliphatic rings. The lowest BCUT2D eigenvalue weighted by molar-refractivity contribution is -0.114. The van der Waals surface area contributed by atoms with Gasteiger partial charge in [-0.05, 0) is 6.07 Å². The summed E-state index contributed by atoms with van der Waals surface area (Å²) in [5, 5.41) is 0. The molecule has 0 aromatic carbocycles. The highest BCUT2D eigenvalue weighted by molar-refractivity contribution is 5.85. The normalized spacial score (nSPS) is 10.3. The lowest BCUT2D eigenvalue weighted by Crippen LogP contribution is -2.24. The van der Waals surface area contributed by atoms with Crippen LogP contribution < -0.4 is 11.3 Å². The molecule has 0 unspecified atom stereocenters. The first-order valence-corrected chi connectivity index (χ1v) is 5.06. The van der Waals surface area contributed by atoms with Gasteiger partial charge in [-0.3, -0.25) is 14.2 Å². The van der Waals surface area contributed by atoms with Crippen LogP contribution in [0.3, 0.4) is 0 Å². The van der Waals surface area contributed by atoms with Crippen molar-refractivity contribution < 1.29 is 4.79 Å². The molecule has 0 bridgehead atoms. The molecule has 7 heteroatoms. The minimum Gasteiger partial charge on any atom is -0.369 e. The average Bonchev–Trinajstić information content (AvgIpc) is 2.35. The Bertz CT molecular complexity index is 636. The van der Waals surface area contributed by atoms with E-state index in [1.165, 1.54) is 24.0 Å². The van der Waals surface area contributed by atoms with Crippen LogP contribution in [0.5, 0.6) is 0 Å². The molecular formula is C11H10N5O2. The highest BCUT2D eigenvalue weighted by atomic mass is 16.1. The van der Waals surface area contributed by atoms with Crippen molar-refractivity contribution in [1.82, 2.24) is 19.5 Å². The molecule has 1 radical (unpaired) electrons. The largest absolute Gasteiger partial charge is 0.369 e. The van der Waals surface area contributed by atoms with Gasteiger partial charge in [-0.2, -0.15) is 0 Å². The number of rotatable bonds is 3. The minimum absolute atomic E-state index is 0.184. The molecule has 0 aliphatic carbocycles. The summed E-state index contributed by atoms with van der Waals surface area (Å²) in [6.45, 7) is 0. The van der Waals surface area contributed by atoms with Crippen LogP contribution >= 0.6 is 0 Å². The predicted molar refractivity (Wildman–Crippen MR) is 63.1 cm³/mol. The lowest BCUT2D eigenvalue weighted by atomic mass is 10.2. The van der Waals surface area contributed by atoms with Crippen LogP contribution in [-0.4, -0.2) is 25.4 Å². The Labute approximate surface area is 102 Å². The van der Waals surface area contributed by atoms with Gasteiger partial charge in [0.15, 0.2) is 0 Å². The first kappa shape index (κ1) is 11.9. The molecule has 1 amide bonds. The quantitative estimate of drug-likeness (QED) is 0.766. The molecule has 91 valence electrons. The molecule has 0 spiro atoms. The molecule has 2 N–H and O–H groups in total. The number of carbonyl (C=O) groups is 1. The maximum atomic E-state index is 11.7. The predicted octanol–water partition coefficient (Wildman–Crippen LogP) is -0.725. The molecule has 2 rings (SSSR count). The summed E-state index contributed by atoms with van der Waals surface area (Å²) in [5.41, 5.74) is 5.63. The topological polar surface area (TPSA) is 104 Å². The van der Waals surface area contributed by atoms with Gasteiger partial charge in [0.05, 0.1) is 11.4 Å². The summed E-state index contributed by atoms with van der Waals surface area (Å²) in [7, 11) is 1.51. The summed E-state index contributed by atoms with van der Waals surface area (Å²) in [6, 6.07) is 2.95. The van der Waals surface area contributed by atoms with Gasteiger partial charge in [-0.1, -0.05) is 0 Å². The molecule has 0 saturated carbocycles. The van der Waals surface area contributed by atoms with Crippen molar-refractivity contribution in [3.8, 4) is 11.4 Å². The molecule has 0 aliphatic heterocycles. The number of hydrogen-bond donors (Lipinski definition) is 1. The van der Waals surface area contributed by atoms with Crippen LogP contribution in [0.1, 0.15) is 5.82 Å². The van der Waals surface area contributed by atoms with Gasteiger partial charge >= 0.3 is 0 Å². The maximum absolute atomic E-state index is 11.7. The van der Waals surface area contributed by atoms with Crippen LogP contribution in [0.15, 0.2) is 29.5 Å². The van der Waals surface area contributed by atoms with E-state index in [0.29, 0.717) is 11.4 Å². The minimum atomic E-state index is -0.669. The fourth-order valence-electron chi connectivity index (χ4n) is 1.39. The smallest absolute Gasteiger partial charge is 0.253 e. The molecule has 2 aromatic heterocycles. The summed E-state index contributed by atoms with van der Waals surface area (Å²) in [5.74, 6) is -0.485. The highest BCUT2D eigenvalue weighted by Gasteiger charge is 2.10. The van der Waals surface area contributed by atoms with E-state index in [0.717, 1.165) is 6.42 Å². The molecule has 7 nitrogen and oxygen atoms in total. The van der Waals surface area contributed by atoms with Crippen molar-refractivity contribution in [2.45, 2.75) is 0 Å². The van der Waals surface area contributed by atoms with Crippen LogP contribution in [0.4, 0.5) is 0 Å². The molecule has 2 aromatic rings. The number of amides is 1. The highest BCUT2D eigenvalue weighted by Crippen LogP contribution is 2.11. The van der Waals surface area contributed by atoms with Crippen molar-refractivity contribution in [3.05, 3.63) is 47.3 Å². The standard InChI is InChI=1S/C11H10N5O2/c1-16-10(5-9(12)17)15-8(4-11(16)18)7-2-3-13-6-14-7/h2-6H,1H3,(H2,12,17).